The second-order valence-electron chi connectivity index (χ2n) is 5.22. The van der Waals surface area contributed by atoms with Crippen LogP contribution < -0.4 is 10.9 Å². The summed E-state index contributed by atoms with van der Waals surface area (Å²) in [5.74, 6) is -1.23. The Morgan fingerprint density at radius 2 is 1.96 bits per heavy atom. The summed E-state index contributed by atoms with van der Waals surface area (Å²) in [6.07, 6.45) is 6.06. The Kier molecular flexibility index (Phi) is 5.85. The van der Waals surface area contributed by atoms with Gasteiger partial charge in [-0.2, -0.15) is 0 Å². The second kappa shape index (κ2) is 8.07. The molecule has 0 aliphatic carbocycles. The lowest BCUT2D eigenvalue weighted by Gasteiger charge is -2.06. The van der Waals surface area contributed by atoms with Gasteiger partial charge in [0, 0.05) is 25.4 Å². The van der Waals surface area contributed by atoms with Crippen LogP contribution in [0.1, 0.15) is 42.5 Å². The highest BCUT2D eigenvalue weighted by atomic mass is 16.4. The van der Waals surface area contributed by atoms with E-state index in [4.69, 9.17) is 5.11 Å². The number of carboxylic acid groups (broad SMARTS) is 1. The van der Waals surface area contributed by atoms with Crippen LogP contribution in [0.5, 0.6) is 0 Å². The van der Waals surface area contributed by atoms with Crippen molar-refractivity contribution in [2.24, 2.45) is 0 Å². The number of hydrogen-bond acceptors (Lipinski definition) is 4. The van der Waals surface area contributed by atoms with Gasteiger partial charge in [-0.25, -0.2) is 4.98 Å². The van der Waals surface area contributed by atoms with E-state index >= 15 is 0 Å². The summed E-state index contributed by atoms with van der Waals surface area (Å²) < 4.78 is 1.33. The fraction of sp³-hybridized carbons (Fsp3) is 0.375. The molecule has 0 saturated heterocycles. The van der Waals surface area contributed by atoms with Crippen molar-refractivity contribution in [1.29, 1.82) is 0 Å². The fourth-order valence-corrected chi connectivity index (χ4v) is 2.23. The van der Waals surface area contributed by atoms with Crippen LogP contribution in [0.25, 0.3) is 5.65 Å². The van der Waals surface area contributed by atoms with Gasteiger partial charge >= 0.3 is 5.97 Å². The lowest BCUT2D eigenvalue weighted by molar-refractivity contribution is -0.137. The number of amides is 1. The minimum Gasteiger partial charge on any atom is -0.481 e. The topological polar surface area (TPSA) is 101 Å². The molecule has 0 aromatic carbocycles. The molecule has 0 fully saturated rings. The van der Waals surface area contributed by atoms with Crippen LogP contribution in [0, 0.1) is 0 Å². The summed E-state index contributed by atoms with van der Waals surface area (Å²) in [7, 11) is 0. The number of hydrogen-bond donors (Lipinski definition) is 2. The number of aromatic nitrogens is 2. The second-order valence-corrected chi connectivity index (χ2v) is 5.22. The third kappa shape index (κ3) is 4.64. The molecule has 0 aliphatic rings. The highest BCUT2D eigenvalue weighted by Gasteiger charge is 2.12. The van der Waals surface area contributed by atoms with Gasteiger partial charge < -0.3 is 10.4 Å². The third-order valence-corrected chi connectivity index (χ3v) is 3.46. The summed E-state index contributed by atoms with van der Waals surface area (Å²) in [6.45, 7) is 0.447. The molecular formula is C16H19N3O4. The standard InChI is InChI=1S/C16H19N3O4/c20-14(21)8-3-1-2-5-9-17-15(22)12-11-18-13-7-4-6-10-19(13)16(12)23/h4,6-7,10-11H,1-3,5,8-9H2,(H,17,22)(H,20,21). The zero-order chi connectivity index (χ0) is 16.7. The van der Waals surface area contributed by atoms with Gasteiger partial charge in [-0.3, -0.25) is 18.8 Å². The Morgan fingerprint density at radius 3 is 2.74 bits per heavy atom. The van der Waals surface area contributed by atoms with Gasteiger partial charge in [0.15, 0.2) is 0 Å². The molecule has 2 rings (SSSR count). The van der Waals surface area contributed by atoms with Crippen molar-refractivity contribution in [3.05, 3.63) is 46.5 Å². The average Bonchev–Trinajstić information content (AvgIpc) is 2.54. The minimum atomic E-state index is -0.789. The number of nitrogens with one attached hydrogen (secondary N) is 1. The molecule has 2 aromatic rings. The summed E-state index contributed by atoms with van der Waals surface area (Å²) >= 11 is 0. The number of aliphatic carboxylic acids is 1. The van der Waals surface area contributed by atoms with Gasteiger partial charge in [0.1, 0.15) is 11.2 Å². The van der Waals surface area contributed by atoms with Crippen LogP contribution in [0.3, 0.4) is 0 Å². The molecule has 0 spiro atoms. The molecule has 7 nitrogen and oxygen atoms in total. The number of fused-ring (bicyclic) bond motifs is 1. The average molecular weight is 317 g/mol. The molecular weight excluding hydrogens is 298 g/mol. The number of unbranched alkanes of at least 4 members (excludes halogenated alkanes) is 3. The largest absolute Gasteiger partial charge is 0.481 e. The maximum Gasteiger partial charge on any atom is 0.303 e. The van der Waals surface area contributed by atoms with Gasteiger partial charge in [0.25, 0.3) is 11.5 Å². The fourth-order valence-electron chi connectivity index (χ4n) is 2.23. The molecule has 0 aliphatic heterocycles. The van der Waals surface area contributed by atoms with Crippen molar-refractivity contribution in [2.75, 3.05) is 6.54 Å². The normalized spacial score (nSPS) is 10.6. The molecule has 122 valence electrons. The van der Waals surface area contributed by atoms with Crippen molar-refractivity contribution >= 4 is 17.5 Å². The summed E-state index contributed by atoms with van der Waals surface area (Å²) in [5.41, 5.74) is 0.113. The summed E-state index contributed by atoms with van der Waals surface area (Å²) in [4.78, 5) is 38.7. The number of rotatable bonds is 8. The van der Waals surface area contributed by atoms with Gasteiger partial charge in [-0.15, -0.1) is 0 Å². The van der Waals surface area contributed by atoms with Gasteiger partial charge in [0.2, 0.25) is 0 Å². The Hall–Kier alpha value is -2.70. The highest BCUT2D eigenvalue weighted by molar-refractivity contribution is 5.93. The predicted molar refractivity (Wildman–Crippen MR) is 84.5 cm³/mol. The van der Waals surface area contributed by atoms with Crippen LogP contribution in [-0.2, 0) is 4.79 Å². The smallest absolute Gasteiger partial charge is 0.303 e. The molecule has 7 heteroatoms. The number of carbonyl (C=O) groups excluding carboxylic acids is 1. The van der Waals surface area contributed by atoms with Gasteiger partial charge in [-0.1, -0.05) is 18.9 Å². The van der Waals surface area contributed by atoms with Crippen molar-refractivity contribution in [3.63, 3.8) is 0 Å². The Labute approximate surface area is 133 Å². The molecule has 2 N–H and O–H groups in total. The maximum atomic E-state index is 12.2. The first kappa shape index (κ1) is 16.7. The number of carbonyl (C=O) groups is 2. The van der Waals surface area contributed by atoms with E-state index in [0.717, 1.165) is 19.3 Å². The highest BCUT2D eigenvalue weighted by Crippen LogP contribution is 2.02. The monoisotopic (exact) mass is 317 g/mol. The van der Waals surface area contributed by atoms with Crippen LogP contribution in [-0.4, -0.2) is 32.9 Å². The Bertz CT molecular complexity index is 754. The van der Waals surface area contributed by atoms with Crippen LogP contribution in [0.15, 0.2) is 35.4 Å². The first-order chi connectivity index (χ1) is 11.1. The van der Waals surface area contributed by atoms with Crippen molar-refractivity contribution < 1.29 is 14.7 Å². The first-order valence-electron chi connectivity index (χ1n) is 7.56. The third-order valence-electron chi connectivity index (χ3n) is 3.46. The zero-order valence-corrected chi connectivity index (χ0v) is 12.7. The molecule has 2 aromatic heterocycles. The molecule has 0 saturated carbocycles. The number of nitrogens with zero attached hydrogens (tertiary/aromatic N) is 2. The van der Waals surface area contributed by atoms with Crippen molar-refractivity contribution in [1.82, 2.24) is 14.7 Å². The zero-order valence-electron chi connectivity index (χ0n) is 12.7. The lowest BCUT2D eigenvalue weighted by Crippen LogP contribution is -2.32. The quantitative estimate of drug-likeness (QED) is 0.718. The van der Waals surface area contributed by atoms with Crippen molar-refractivity contribution in [2.45, 2.75) is 32.1 Å². The van der Waals surface area contributed by atoms with E-state index in [2.05, 4.69) is 10.3 Å². The molecule has 0 unspecified atom stereocenters. The van der Waals surface area contributed by atoms with Gasteiger partial charge in [0.05, 0.1) is 0 Å². The SMILES string of the molecule is O=C(O)CCCCCCNC(=O)c1cnc2ccccn2c1=O. The minimum absolute atomic E-state index is 0.0135. The van der Waals surface area contributed by atoms with Crippen LogP contribution >= 0.6 is 0 Å². The van der Waals surface area contributed by atoms with E-state index in [1.165, 1.54) is 10.6 Å². The van der Waals surface area contributed by atoms with Crippen molar-refractivity contribution in [3.8, 4) is 0 Å². The first-order valence-corrected chi connectivity index (χ1v) is 7.56. The number of carboxylic acids is 1. The van der Waals surface area contributed by atoms with E-state index in [1.54, 1.807) is 24.4 Å². The van der Waals surface area contributed by atoms with E-state index < -0.39 is 17.4 Å². The molecule has 23 heavy (non-hydrogen) atoms. The lowest BCUT2D eigenvalue weighted by atomic mass is 10.1. The van der Waals surface area contributed by atoms with E-state index in [9.17, 15) is 14.4 Å². The van der Waals surface area contributed by atoms with E-state index in [0.29, 0.717) is 18.6 Å². The molecule has 2 heterocycles. The van der Waals surface area contributed by atoms with Crippen LogP contribution in [0.4, 0.5) is 0 Å². The maximum absolute atomic E-state index is 12.2. The van der Waals surface area contributed by atoms with E-state index in [1.807, 2.05) is 0 Å². The molecule has 0 radical (unpaired) electrons. The van der Waals surface area contributed by atoms with Gasteiger partial charge in [-0.05, 0) is 25.0 Å². The molecule has 1 amide bonds. The molecule has 0 atom stereocenters. The van der Waals surface area contributed by atoms with Crippen LogP contribution in [0.2, 0.25) is 0 Å². The number of pyridine rings is 1. The summed E-state index contributed by atoms with van der Waals surface area (Å²) in [5, 5.41) is 11.2. The summed E-state index contributed by atoms with van der Waals surface area (Å²) in [6, 6.07) is 5.17. The Morgan fingerprint density at radius 1 is 1.17 bits per heavy atom. The Balaban J connectivity index is 1.83. The molecule has 0 bridgehead atoms. The predicted octanol–water partition coefficient (Wildman–Crippen LogP) is 1.46. The van der Waals surface area contributed by atoms with E-state index in [-0.39, 0.29) is 12.0 Å².